The van der Waals surface area contributed by atoms with Gasteiger partial charge >= 0.3 is 0 Å². The molecule has 6 heteroatoms. The smallest absolute Gasteiger partial charge is 0.242 e. The zero-order valence-electron chi connectivity index (χ0n) is 9.59. The molecule has 1 rings (SSSR count). The molecule has 0 aromatic carbocycles. The van der Waals surface area contributed by atoms with E-state index in [1.807, 2.05) is 0 Å². The summed E-state index contributed by atoms with van der Waals surface area (Å²) < 4.78 is 1.49. The van der Waals surface area contributed by atoms with E-state index in [0.717, 1.165) is 19.3 Å². The van der Waals surface area contributed by atoms with Crippen LogP contribution in [0, 0.1) is 0 Å². The summed E-state index contributed by atoms with van der Waals surface area (Å²) in [5, 5.41) is 10.2. The Morgan fingerprint density at radius 2 is 2.44 bits per heavy atom. The van der Waals surface area contributed by atoms with E-state index in [-0.39, 0.29) is 18.5 Å². The van der Waals surface area contributed by atoms with E-state index in [1.54, 1.807) is 12.4 Å². The molecule has 0 aliphatic carbocycles. The van der Waals surface area contributed by atoms with Crippen LogP contribution in [0.1, 0.15) is 26.2 Å². The van der Waals surface area contributed by atoms with Crippen molar-refractivity contribution in [2.75, 3.05) is 6.54 Å². The second-order valence-corrected chi connectivity index (χ2v) is 3.74. The third kappa shape index (κ3) is 4.39. The van der Waals surface area contributed by atoms with Gasteiger partial charge in [0.25, 0.3) is 0 Å². The fourth-order valence-electron chi connectivity index (χ4n) is 1.44. The van der Waals surface area contributed by atoms with E-state index in [9.17, 15) is 4.79 Å². The number of hydrogen-bond donors (Lipinski definition) is 2. The van der Waals surface area contributed by atoms with E-state index in [2.05, 4.69) is 22.6 Å². The van der Waals surface area contributed by atoms with Crippen LogP contribution in [-0.4, -0.2) is 33.5 Å². The topological polar surface area (TPSA) is 85.8 Å². The van der Waals surface area contributed by atoms with E-state index in [4.69, 9.17) is 5.73 Å². The van der Waals surface area contributed by atoms with Crippen molar-refractivity contribution in [2.24, 2.45) is 5.73 Å². The minimum Gasteiger partial charge on any atom is -0.350 e. The number of unbranched alkanes of at least 4 members (excludes halogenated alkanes) is 1. The minimum absolute atomic E-state index is 0.0657. The number of nitrogens with one attached hydrogen (secondary N) is 1. The highest BCUT2D eigenvalue weighted by molar-refractivity contribution is 5.75. The first-order chi connectivity index (χ1) is 7.76. The number of amides is 1. The van der Waals surface area contributed by atoms with Crippen LogP contribution in [-0.2, 0) is 11.3 Å². The lowest BCUT2D eigenvalue weighted by atomic mass is 10.1. The first-order valence-corrected chi connectivity index (χ1v) is 5.59. The fourth-order valence-corrected chi connectivity index (χ4v) is 1.44. The summed E-state index contributed by atoms with van der Waals surface area (Å²) in [4.78, 5) is 11.6. The fraction of sp³-hybridized carbons (Fsp3) is 0.700. The van der Waals surface area contributed by atoms with Crippen molar-refractivity contribution in [2.45, 2.75) is 38.8 Å². The molecule has 0 aliphatic heterocycles. The summed E-state index contributed by atoms with van der Waals surface area (Å²) in [6, 6.07) is 0.0657. The highest BCUT2D eigenvalue weighted by atomic mass is 16.2. The molecule has 1 unspecified atom stereocenters. The van der Waals surface area contributed by atoms with Crippen LogP contribution >= 0.6 is 0 Å². The Bertz CT molecular complexity index is 298. The van der Waals surface area contributed by atoms with Crippen LogP contribution in [0.4, 0.5) is 0 Å². The standard InChI is InChI=1S/C10H19N5O/c1-2-3-4-9(7-11)13-10(16)8-15-6-5-12-14-15/h5-6,9H,2-4,7-8,11H2,1H3,(H,13,16). The lowest BCUT2D eigenvalue weighted by Gasteiger charge is -2.16. The van der Waals surface area contributed by atoms with Gasteiger partial charge in [0.2, 0.25) is 5.91 Å². The molecule has 0 aliphatic rings. The molecule has 3 N–H and O–H groups in total. The predicted molar refractivity (Wildman–Crippen MR) is 60.5 cm³/mol. The number of aromatic nitrogens is 3. The van der Waals surface area contributed by atoms with Gasteiger partial charge in [0, 0.05) is 18.8 Å². The quantitative estimate of drug-likeness (QED) is 0.679. The maximum Gasteiger partial charge on any atom is 0.242 e. The molecule has 1 aromatic heterocycles. The molecule has 0 spiro atoms. The largest absolute Gasteiger partial charge is 0.350 e. The predicted octanol–water partition coefficient (Wildman–Crippen LogP) is -0.0882. The van der Waals surface area contributed by atoms with E-state index < -0.39 is 0 Å². The van der Waals surface area contributed by atoms with Crippen molar-refractivity contribution in [1.82, 2.24) is 20.3 Å². The number of rotatable bonds is 7. The average molecular weight is 225 g/mol. The highest BCUT2D eigenvalue weighted by Crippen LogP contribution is 1.99. The van der Waals surface area contributed by atoms with Crippen LogP contribution in [0.3, 0.4) is 0 Å². The Labute approximate surface area is 95.2 Å². The lowest BCUT2D eigenvalue weighted by molar-refractivity contribution is -0.122. The van der Waals surface area contributed by atoms with Crippen molar-refractivity contribution in [1.29, 1.82) is 0 Å². The molecular formula is C10H19N5O. The molecule has 6 nitrogen and oxygen atoms in total. The van der Waals surface area contributed by atoms with Gasteiger partial charge in [0.1, 0.15) is 6.54 Å². The molecule has 0 fully saturated rings. The third-order valence-electron chi connectivity index (χ3n) is 2.33. The third-order valence-corrected chi connectivity index (χ3v) is 2.33. The monoisotopic (exact) mass is 225 g/mol. The van der Waals surface area contributed by atoms with Crippen LogP contribution in [0.5, 0.6) is 0 Å². The molecular weight excluding hydrogens is 206 g/mol. The van der Waals surface area contributed by atoms with Gasteiger partial charge in [-0.05, 0) is 6.42 Å². The van der Waals surface area contributed by atoms with Crippen molar-refractivity contribution in [3.63, 3.8) is 0 Å². The average Bonchev–Trinajstić information content (AvgIpc) is 2.76. The Morgan fingerprint density at radius 3 is 3.00 bits per heavy atom. The summed E-state index contributed by atoms with van der Waals surface area (Å²) in [6.45, 7) is 2.79. The van der Waals surface area contributed by atoms with Gasteiger partial charge in [0.15, 0.2) is 0 Å². The molecule has 0 radical (unpaired) electrons. The summed E-state index contributed by atoms with van der Waals surface area (Å²) >= 11 is 0. The van der Waals surface area contributed by atoms with Gasteiger partial charge in [-0.2, -0.15) is 0 Å². The maximum atomic E-state index is 11.6. The van der Waals surface area contributed by atoms with Gasteiger partial charge in [-0.1, -0.05) is 25.0 Å². The molecule has 1 aromatic rings. The van der Waals surface area contributed by atoms with Gasteiger partial charge < -0.3 is 11.1 Å². The summed E-state index contributed by atoms with van der Waals surface area (Å²) in [5.74, 6) is -0.0722. The van der Waals surface area contributed by atoms with Gasteiger partial charge in [-0.25, -0.2) is 4.68 Å². The Kier molecular flexibility index (Phi) is 5.49. The second kappa shape index (κ2) is 6.95. The molecule has 1 atom stereocenters. The van der Waals surface area contributed by atoms with E-state index in [0.29, 0.717) is 6.54 Å². The molecule has 1 heterocycles. The number of carbonyl (C=O) groups is 1. The van der Waals surface area contributed by atoms with Crippen molar-refractivity contribution >= 4 is 5.91 Å². The Morgan fingerprint density at radius 1 is 1.62 bits per heavy atom. The number of carbonyl (C=O) groups excluding carboxylic acids is 1. The van der Waals surface area contributed by atoms with Crippen LogP contribution in [0.2, 0.25) is 0 Å². The van der Waals surface area contributed by atoms with Crippen LogP contribution in [0.25, 0.3) is 0 Å². The molecule has 16 heavy (non-hydrogen) atoms. The summed E-state index contributed by atoms with van der Waals surface area (Å²) in [7, 11) is 0. The van der Waals surface area contributed by atoms with Crippen molar-refractivity contribution in [3.8, 4) is 0 Å². The Balaban J connectivity index is 2.31. The Hall–Kier alpha value is -1.43. The minimum atomic E-state index is -0.0722. The van der Waals surface area contributed by atoms with Gasteiger partial charge in [-0.15, -0.1) is 5.10 Å². The van der Waals surface area contributed by atoms with Crippen LogP contribution in [0.15, 0.2) is 12.4 Å². The summed E-state index contributed by atoms with van der Waals surface area (Å²) in [5.41, 5.74) is 5.59. The molecule has 90 valence electrons. The highest BCUT2D eigenvalue weighted by Gasteiger charge is 2.10. The first kappa shape index (κ1) is 12.6. The van der Waals surface area contributed by atoms with Crippen molar-refractivity contribution < 1.29 is 4.79 Å². The number of nitrogens with zero attached hydrogens (tertiary/aromatic N) is 3. The molecule has 0 bridgehead atoms. The molecule has 1 amide bonds. The number of hydrogen-bond acceptors (Lipinski definition) is 4. The lowest BCUT2D eigenvalue weighted by Crippen LogP contribution is -2.41. The SMILES string of the molecule is CCCCC(CN)NC(=O)Cn1ccnn1. The normalized spacial score (nSPS) is 12.4. The zero-order valence-corrected chi connectivity index (χ0v) is 9.59. The van der Waals surface area contributed by atoms with E-state index >= 15 is 0 Å². The van der Waals surface area contributed by atoms with E-state index in [1.165, 1.54) is 4.68 Å². The number of nitrogens with two attached hydrogens (primary N) is 1. The van der Waals surface area contributed by atoms with Crippen molar-refractivity contribution in [3.05, 3.63) is 12.4 Å². The maximum absolute atomic E-state index is 11.6. The van der Waals surface area contributed by atoms with Gasteiger partial charge in [0.05, 0.1) is 6.20 Å². The molecule has 0 saturated heterocycles. The second-order valence-electron chi connectivity index (χ2n) is 3.74. The zero-order chi connectivity index (χ0) is 11.8. The first-order valence-electron chi connectivity index (χ1n) is 5.59. The van der Waals surface area contributed by atoms with Crippen LogP contribution < -0.4 is 11.1 Å². The van der Waals surface area contributed by atoms with Gasteiger partial charge in [-0.3, -0.25) is 4.79 Å². The molecule has 0 saturated carbocycles. The summed E-state index contributed by atoms with van der Waals surface area (Å²) in [6.07, 6.45) is 6.31.